The fourth-order valence-electron chi connectivity index (χ4n) is 1.89. The van der Waals surface area contributed by atoms with E-state index in [0.717, 1.165) is 5.82 Å². The van der Waals surface area contributed by atoms with Gasteiger partial charge in [0.15, 0.2) is 0 Å². The van der Waals surface area contributed by atoms with E-state index < -0.39 is 0 Å². The lowest BCUT2D eigenvalue weighted by molar-refractivity contribution is 0.0764. The number of rotatable bonds is 2. The molecule has 0 radical (unpaired) electrons. The zero-order valence-electron chi connectivity index (χ0n) is 10.1. The molecule has 2 rings (SSSR count). The Balaban J connectivity index is 2.09. The maximum atomic E-state index is 12.0. The van der Waals surface area contributed by atoms with Crippen LogP contribution in [-0.2, 0) is 0 Å². The Labute approximate surface area is 101 Å². The highest BCUT2D eigenvalue weighted by atomic mass is 16.3. The summed E-state index contributed by atoms with van der Waals surface area (Å²) in [7, 11) is 3.81. The summed E-state index contributed by atoms with van der Waals surface area (Å²) in [6, 6.07) is 3.59. The topological polar surface area (TPSA) is 56.7 Å². The van der Waals surface area contributed by atoms with Crippen LogP contribution in [0, 0.1) is 0 Å². The lowest BCUT2D eigenvalue weighted by Crippen LogP contribution is -2.29. The minimum atomic E-state index is -0.382. The van der Waals surface area contributed by atoms with Crippen LogP contribution in [0.1, 0.15) is 16.8 Å². The Morgan fingerprint density at radius 1 is 1.53 bits per heavy atom. The number of nitrogens with zero attached hydrogens (tertiary/aromatic N) is 3. The van der Waals surface area contributed by atoms with Gasteiger partial charge in [-0.3, -0.25) is 4.79 Å². The highest BCUT2D eigenvalue weighted by molar-refractivity contribution is 5.94. The number of carbonyl (C=O) groups is 1. The van der Waals surface area contributed by atoms with Gasteiger partial charge in [-0.05, 0) is 18.6 Å². The number of aliphatic hydroxyl groups excluding tert-OH is 1. The first-order valence-electron chi connectivity index (χ1n) is 5.68. The van der Waals surface area contributed by atoms with Gasteiger partial charge in [0.2, 0.25) is 0 Å². The molecule has 1 fully saturated rings. The summed E-state index contributed by atoms with van der Waals surface area (Å²) < 4.78 is 0. The average Bonchev–Trinajstić information content (AvgIpc) is 2.75. The third-order valence-electron chi connectivity index (χ3n) is 2.90. The van der Waals surface area contributed by atoms with Gasteiger partial charge >= 0.3 is 0 Å². The highest BCUT2D eigenvalue weighted by Crippen LogP contribution is 2.14. The number of aromatic nitrogens is 1. The molecule has 5 nitrogen and oxygen atoms in total. The second kappa shape index (κ2) is 4.71. The van der Waals surface area contributed by atoms with Crippen molar-refractivity contribution in [2.45, 2.75) is 12.5 Å². The van der Waals surface area contributed by atoms with Gasteiger partial charge in [-0.15, -0.1) is 0 Å². The maximum Gasteiger partial charge on any atom is 0.255 e. The number of hydrogen-bond donors (Lipinski definition) is 1. The number of carbonyl (C=O) groups excluding carboxylic acids is 1. The molecule has 0 spiro atoms. The van der Waals surface area contributed by atoms with Crippen molar-refractivity contribution in [3.05, 3.63) is 23.9 Å². The van der Waals surface area contributed by atoms with E-state index in [-0.39, 0.29) is 12.0 Å². The van der Waals surface area contributed by atoms with E-state index in [1.165, 1.54) is 0 Å². The molecular formula is C12H17N3O2. The molecule has 1 amide bonds. The Morgan fingerprint density at radius 2 is 2.29 bits per heavy atom. The van der Waals surface area contributed by atoms with Gasteiger partial charge in [-0.25, -0.2) is 4.98 Å². The molecule has 0 unspecified atom stereocenters. The van der Waals surface area contributed by atoms with Crippen LogP contribution >= 0.6 is 0 Å². The first-order valence-corrected chi connectivity index (χ1v) is 5.68. The van der Waals surface area contributed by atoms with Crippen molar-refractivity contribution in [1.29, 1.82) is 0 Å². The van der Waals surface area contributed by atoms with Crippen LogP contribution in [0.2, 0.25) is 0 Å². The minimum Gasteiger partial charge on any atom is -0.391 e. The van der Waals surface area contributed by atoms with Crippen LogP contribution in [0.3, 0.4) is 0 Å². The SMILES string of the molecule is CN(C)c1ccc(C(=O)N2CC[C@@H](O)C2)cn1. The molecular weight excluding hydrogens is 218 g/mol. The number of amides is 1. The third kappa shape index (κ3) is 2.55. The van der Waals surface area contributed by atoms with E-state index >= 15 is 0 Å². The van der Waals surface area contributed by atoms with E-state index in [0.29, 0.717) is 25.1 Å². The van der Waals surface area contributed by atoms with Crippen molar-refractivity contribution in [3.63, 3.8) is 0 Å². The molecule has 17 heavy (non-hydrogen) atoms. The molecule has 0 bridgehead atoms. The lowest BCUT2D eigenvalue weighted by Gasteiger charge is -2.16. The predicted molar refractivity (Wildman–Crippen MR) is 65.1 cm³/mol. The van der Waals surface area contributed by atoms with Gasteiger partial charge in [0.1, 0.15) is 5.82 Å². The monoisotopic (exact) mass is 235 g/mol. The average molecular weight is 235 g/mol. The Morgan fingerprint density at radius 3 is 2.76 bits per heavy atom. The predicted octanol–water partition coefficient (Wildman–Crippen LogP) is 0.354. The zero-order chi connectivity index (χ0) is 12.4. The van der Waals surface area contributed by atoms with Gasteiger partial charge in [-0.2, -0.15) is 0 Å². The summed E-state index contributed by atoms with van der Waals surface area (Å²) in [6.45, 7) is 1.05. The van der Waals surface area contributed by atoms with E-state index in [2.05, 4.69) is 4.98 Å². The van der Waals surface area contributed by atoms with E-state index in [1.54, 1.807) is 17.2 Å². The fraction of sp³-hybridized carbons (Fsp3) is 0.500. The third-order valence-corrected chi connectivity index (χ3v) is 2.90. The number of pyridine rings is 1. The largest absolute Gasteiger partial charge is 0.391 e. The molecule has 1 aromatic rings. The zero-order valence-corrected chi connectivity index (χ0v) is 10.1. The summed E-state index contributed by atoms with van der Waals surface area (Å²) in [5.74, 6) is 0.766. The molecule has 92 valence electrons. The maximum absolute atomic E-state index is 12.0. The first-order chi connectivity index (χ1) is 8.08. The molecule has 5 heteroatoms. The number of hydrogen-bond acceptors (Lipinski definition) is 4. The Hall–Kier alpha value is -1.62. The Kier molecular flexibility index (Phi) is 3.28. The first kappa shape index (κ1) is 11.9. The molecule has 0 aliphatic carbocycles. The fourth-order valence-corrected chi connectivity index (χ4v) is 1.89. The molecule has 1 atom stereocenters. The lowest BCUT2D eigenvalue weighted by atomic mass is 10.2. The number of anilines is 1. The minimum absolute atomic E-state index is 0.0562. The van der Waals surface area contributed by atoms with Crippen LogP contribution in [0.5, 0.6) is 0 Å². The van der Waals surface area contributed by atoms with Crippen molar-refractivity contribution in [1.82, 2.24) is 9.88 Å². The van der Waals surface area contributed by atoms with E-state index in [1.807, 2.05) is 25.1 Å². The van der Waals surface area contributed by atoms with Crippen molar-refractivity contribution < 1.29 is 9.90 Å². The van der Waals surface area contributed by atoms with Crippen LogP contribution in [-0.4, -0.2) is 54.2 Å². The number of likely N-dealkylation sites (tertiary alicyclic amines) is 1. The molecule has 2 heterocycles. The highest BCUT2D eigenvalue weighted by Gasteiger charge is 2.25. The van der Waals surface area contributed by atoms with Crippen LogP contribution in [0.25, 0.3) is 0 Å². The molecule has 1 aliphatic heterocycles. The number of β-amino-alcohol motifs (C(OH)–C–C–N with tert-alkyl or cyclic N) is 1. The van der Waals surface area contributed by atoms with Gasteiger partial charge in [-0.1, -0.05) is 0 Å². The molecule has 1 aromatic heterocycles. The van der Waals surface area contributed by atoms with Gasteiger partial charge in [0, 0.05) is 33.4 Å². The molecule has 0 aromatic carbocycles. The van der Waals surface area contributed by atoms with Gasteiger partial charge < -0.3 is 14.9 Å². The second-order valence-corrected chi connectivity index (χ2v) is 4.49. The van der Waals surface area contributed by atoms with E-state index in [4.69, 9.17) is 0 Å². The van der Waals surface area contributed by atoms with E-state index in [9.17, 15) is 9.90 Å². The molecule has 1 N–H and O–H groups in total. The van der Waals surface area contributed by atoms with Crippen LogP contribution < -0.4 is 4.90 Å². The smallest absolute Gasteiger partial charge is 0.255 e. The molecule has 1 saturated heterocycles. The van der Waals surface area contributed by atoms with Gasteiger partial charge in [0.05, 0.1) is 11.7 Å². The number of aliphatic hydroxyl groups is 1. The summed E-state index contributed by atoms with van der Waals surface area (Å²) in [6.07, 6.45) is 1.87. The summed E-state index contributed by atoms with van der Waals surface area (Å²) >= 11 is 0. The quantitative estimate of drug-likeness (QED) is 0.804. The standard InChI is InChI=1S/C12H17N3O2/c1-14(2)11-4-3-9(7-13-11)12(17)15-6-5-10(16)8-15/h3-4,7,10,16H,5-6,8H2,1-2H3/t10-/m1/s1. The summed E-state index contributed by atoms with van der Waals surface area (Å²) in [5, 5.41) is 9.40. The van der Waals surface area contributed by atoms with Crippen molar-refractivity contribution in [3.8, 4) is 0 Å². The molecule has 1 aliphatic rings. The van der Waals surface area contributed by atoms with Crippen LogP contribution in [0.4, 0.5) is 5.82 Å². The summed E-state index contributed by atoms with van der Waals surface area (Å²) in [4.78, 5) is 19.8. The second-order valence-electron chi connectivity index (χ2n) is 4.49. The van der Waals surface area contributed by atoms with Crippen molar-refractivity contribution >= 4 is 11.7 Å². The normalized spacial score (nSPS) is 19.5. The summed E-state index contributed by atoms with van der Waals surface area (Å²) in [5.41, 5.74) is 0.574. The van der Waals surface area contributed by atoms with Crippen molar-refractivity contribution in [2.24, 2.45) is 0 Å². The van der Waals surface area contributed by atoms with Crippen molar-refractivity contribution in [2.75, 3.05) is 32.1 Å². The van der Waals surface area contributed by atoms with Crippen LogP contribution in [0.15, 0.2) is 18.3 Å². The van der Waals surface area contributed by atoms with Gasteiger partial charge in [0.25, 0.3) is 5.91 Å². The Bertz CT molecular complexity index is 403. The molecule has 0 saturated carbocycles.